The highest BCUT2D eigenvalue weighted by Gasteiger charge is 2.20. The standard InChI is InChI=1S/C16H25NO2/c1-2-6-16(7-3-1)19-13-5-11-17-10-4-12-18-14-15-8-9-15/h1-3,6-7,15,17H,4-5,8-14H2. The van der Waals surface area contributed by atoms with Crippen LogP contribution in [-0.4, -0.2) is 32.9 Å². The van der Waals surface area contributed by atoms with Gasteiger partial charge in [-0.2, -0.15) is 0 Å². The number of ether oxygens (including phenoxy) is 2. The largest absolute Gasteiger partial charge is 0.494 e. The smallest absolute Gasteiger partial charge is 0.119 e. The molecule has 1 aromatic rings. The Kier molecular flexibility index (Phi) is 6.75. The van der Waals surface area contributed by atoms with Gasteiger partial charge < -0.3 is 14.8 Å². The maximum absolute atomic E-state index is 5.62. The van der Waals surface area contributed by atoms with Gasteiger partial charge >= 0.3 is 0 Å². The van der Waals surface area contributed by atoms with Crippen LogP contribution < -0.4 is 10.1 Å². The van der Waals surface area contributed by atoms with Gasteiger partial charge in [0.15, 0.2) is 0 Å². The van der Waals surface area contributed by atoms with Crippen molar-refractivity contribution in [3.05, 3.63) is 30.3 Å². The third-order valence-electron chi connectivity index (χ3n) is 3.20. The van der Waals surface area contributed by atoms with E-state index in [2.05, 4.69) is 5.32 Å². The third-order valence-corrected chi connectivity index (χ3v) is 3.20. The number of hydrogen-bond acceptors (Lipinski definition) is 3. The van der Waals surface area contributed by atoms with Crippen LogP contribution in [0.4, 0.5) is 0 Å². The fraction of sp³-hybridized carbons (Fsp3) is 0.625. The zero-order valence-electron chi connectivity index (χ0n) is 11.6. The molecule has 0 amide bonds. The summed E-state index contributed by atoms with van der Waals surface area (Å²) in [7, 11) is 0. The molecule has 1 aromatic carbocycles. The van der Waals surface area contributed by atoms with E-state index in [1.54, 1.807) is 0 Å². The topological polar surface area (TPSA) is 30.5 Å². The molecule has 0 heterocycles. The van der Waals surface area contributed by atoms with Crippen LogP contribution in [-0.2, 0) is 4.74 Å². The molecule has 106 valence electrons. The van der Waals surface area contributed by atoms with Crippen LogP contribution in [0.3, 0.4) is 0 Å². The van der Waals surface area contributed by atoms with Crippen molar-refractivity contribution < 1.29 is 9.47 Å². The van der Waals surface area contributed by atoms with Crippen molar-refractivity contribution in [3.8, 4) is 5.75 Å². The molecule has 1 N–H and O–H groups in total. The molecule has 0 spiro atoms. The predicted octanol–water partition coefficient (Wildman–Crippen LogP) is 2.86. The van der Waals surface area contributed by atoms with Crippen molar-refractivity contribution in [1.29, 1.82) is 0 Å². The van der Waals surface area contributed by atoms with Gasteiger partial charge in [-0.15, -0.1) is 0 Å². The summed E-state index contributed by atoms with van der Waals surface area (Å²) in [6.45, 7) is 4.69. The van der Waals surface area contributed by atoms with E-state index in [0.717, 1.165) is 57.4 Å². The van der Waals surface area contributed by atoms with Gasteiger partial charge in [0.2, 0.25) is 0 Å². The van der Waals surface area contributed by atoms with E-state index in [9.17, 15) is 0 Å². The minimum atomic E-state index is 0.773. The molecule has 3 nitrogen and oxygen atoms in total. The van der Waals surface area contributed by atoms with E-state index in [-0.39, 0.29) is 0 Å². The average Bonchev–Trinajstić information content (AvgIpc) is 3.26. The second-order valence-corrected chi connectivity index (χ2v) is 5.14. The maximum Gasteiger partial charge on any atom is 0.119 e. The van der Waals surface area contributed by atoms with Gasteiger partial charge in [0, 0.05) is 13.2 Å². The lowest BCUT2D eigenvalue weighted by Gasteiger charge is -2.07. The van der Waals surface area contributed by atoms with Crippen LogP contribution in [0.15, 0.2) is 30.3 Å². The number of para-hydroxylation sites is 1. The van der Waals surface area contributed by atoms with Crippen LogP contribution in [0, 0.1) is 5.92 Å². The second kappa shape index (κ2) is 8.94. The summed E-state index contributed by atoms with van der Waals surface area (Å²) < 4.78 is 11.2. The quantitative estimate of drug-likeness (QED) is 0.623. The molecular formula is C16H25NO2. The first-order valence-corrected chi connectivity index (χ1v) is 7.41. The number of nitrogens with one attached hydrogen (secondary N) is 1. The van der Waals surface area contributed by atoms with E-state index in [1.807, 2.05) is 30.3 Å². The van der Waals surface area contributed by atoms with Crippen molar-refractivity contribution in [3.63, 3.8) is 0 Å². The van der Waals surface area contributed by atoms with Crippen molar-refractivity contribution in [2.24, 2.45) is 5.92 Å². The van der Waals surface area contributed by atoms with Crippen molar-refractivity contribution in [1.82, 2.24) is 5.32 Å². The van der Waals surface area contributed by atoms with Gasteiger partial charge in [0.1, 0.15) is 5.75 Å². The zero-order chi connectivity index (χ0) is 13.2. The molecule has 19 heavy (non-hydrogen) atoms. The highest BCUT2D eigenvalue weighted by Crippen LogP contribution is 2.28. The Morgan fingerprint density at radius 1 is 1.00 bits per heavy atom. The first-order valence-electron chi connectivity index (χ1n) is 7.41. The predicted molar refractivity (Wildman–Crippen MR) is 77.6 cm³/mol. The first kappa shape index (κ1) is 14.4. The van der Waals surface area contributed by atoms with Gasteiger partial charge in [-0.25, -0.2) is 0 Å². The molecule has 0 atom stereocenters. The summed E-state index contributed by atoms with van der Waals surface area (Å²) in [6, 6.07) is 9.97. The number of rotatable bonds is 11. The second-order valence-electron chi connectivity index (χ2n) is 5.14. The summed E-state index contributed by atoms with van der Waals surface area (Å²) >= 11 is 0. The number of hydrogen-bond donors (Lipinski definition) is 1. The number of benzene rings is 1. The molecule has 1 aliphatic rings. The van der Waals surface area contributed by atoms with Gasteiger partial charge in [-0.05, 0) is 56.8 Å². The monoisotopic (exact) mass is 263 g/mol. The lowest BCUT2D eigenvalue weighted by Crippen LogP contribution is -2.20. The van der Waals surface area contributed by atoms with E-state index in [1.165, 1.54) is 12.8 Å². The van der Waals surface area contributed by atoms with Crippen LogP contribution in [0.2, 0.25) is 0 Å². The first-order chi connectivity index (χ1) is 9.45. The van der Waals surface area contributed by atoms with Gasteiger partial charge in [0.25, 0.3) is 0 Å². The summed E-state index contributed by atoms with van der Waals surface area (Å²) in [5, 5.41) is 3.42. The van der Waals surface area contributed by atoms with Crippen molar-refractivity contribution >= 4 is 0 Å². The Bertz CT molecular complexity index is 325. The molecule has 3 heteroatoms. The molecule has 0 saturated heterocycles. The van der Waals surface area contributed by atoms with Crippen molar-refractivity contribution in [2.75, 3.05) is 32.9 Å². The SMILES string of the molecule is c1ccc(OCCCNCCCOCC2CC2)cc1. The Hall–Kier alpha value is -1.06. The van der Waals surface area contributed by atoms with E-state index < -0.39 is 0 Å². The van der Waals surface area contributed by atoms with E-state index in [4.69, 9.17) is 9.47 Å². The highest BCUT2D eigenvalue weighted by atomic mass is 16.5. The zero-order valence-corrected chi connectivity index (χ0v) is 11.6. The van der Waals surface area contributed by atoms with E-state index >= 15 is 0 Å². The molecule has 0 unspecified atom stereocenters. The van der Waals surface area contributed by atoms with Gasteiger partial charge in [-0.1, -0.05) is 18.2 Å². The Morgan fingerprint density at radius 3 is 2.47 bits per heavy atom. The molecule has 0 aromatic heterocycles. The minimum absolute atomic E-state index is 0.773. The Morgan fingerprint density at radius 2 is 1.74 bits per heavy atom. The summed E-state index contributed by atoms with van der Waals surface area (Å²) in [6.07, 6.45) is 4.89. The third kappa shape index (κ3) is 7.19. The summed E-state index contributed by atoms with van der Waals surface area (Å²) in [5.41, 5.74) is 0. The maximum atomic E-state index is 5.62. The molecule has 1 fully saturated rings. The van der Waals surface area contributed by atoms with Crippen LogP contribution in [0.5, 0.6) is 5.75 Å². The fourth-order valence-corrected chi connectivity index (χ4v) is 1.86. The van der Waals surface area contributed by atoms with Crippen LogP contribution >= 0.6 is 0 Å². The van der Waals surface area contributed by atoms with Gasteiger partial charge in [0.05, 0.1) is 6.61 Å². The minimum Gasteiger partial charge on any atom is -0.494 e. The molecule has 1 saturated carbocycles. The van der Waals surface area contributed by atoms with Gasteiger partial charge in [-0.3, -0.25) is 0 Å². The summed E-state index contributed by atoms with van der Waals surface area (Å²) in [4.78, 5) is 0. The van der Waals surface area contributed by atoms with Crippen LogP contribution in [0.1, 0.15) is 25.7 Å². The fourth-order valence-electron chi connectivity index (χ4n) is 1.86. The summed E-state index contributed by atoms with van der Waals surface area (Å²) in [5.74, 6) is 1.83. The highest BCUT2D eigenvalue weighted by molar-refractivity contribution is 5.20. The van der Waals surface area contributed by atoms with E-state index in [0.29, 0.717) is 0 Å². The molecule has 0 aliphatic heterocycles. The van der Waals surface area contributed by atoms with Crippen molar-refractivity contribution in [2.45, 2.75) is 25.7 Å². The average molecular weight is 263 g/mol. The molecule has 1 aliphatic carbocycles. The van der Waals surface area contributed by atoms with Crippen LogP contribution in [0.25, 0.3) is 0 Å². The molecule has 0 bridgehead atoms. The lowest BCUT2D eigenvalue weighted by atomic mass is 10.3. The normalized spacial score (nSPS) is 14.5. The molecular weight excluding hydrogens is 238 g/mol. The Balaban J connectivity index is 1.32. The molecule has 0 radical (unpaired) electrons. The Labute approximate surface area is 116 Å². The molecule has 2 rings (SSSR count). The lowest BCUT2D eigenvalue weighted by molar-refractivity contribution is 0.122.